The number of likely N-dealkylation sites (N-methyl/N-ethyl adjacent to an activating group) is 1. The molecule has 1 aromatic carbocycles. The zero-order valence-electron chi connectivity index (χ0n) is 22.9. The van der Waals surface area contributed by atoms with Crippen molar-refractivity contribution in [2.75, 3.05) is 32.1 Å². The number of carbonyl (C=O) groups is 2. The second-order valence-corrected chi connectivity index (χ2v) is 10.00. The molecule has 3 atom stereocenters. The third-order valence-electron chi connectivity index (χ3n) is 6.88. The summed E-state index contributed by atoms with van der Waals surface area (Å²) < 4.78 is 11.4. The number of nitrogens with zero attached hydrogens (tertiary/aromatic N) is 4. The van der Waals surface area contributed by atoms with E-state index in [1.54, 1.807) is 45.0 Å². The van der Waals surface area contributed by atoms with E-state index in [2.05, 4.69) is 15.5 Å². The summed E-state index contributed by atoms with van der Waals surface area (Å²) in [6.45, 7) is 7.65. The number of nitrogens with one attached hydrogen (secondary N) is 1. The lowest BCUT2D eigenvalue weighted by Crippen LogP contribution is -2.50. The van der Waals surface area contributed by atoms with Gasteiger partial charge < -0.3 is 29.5 Å². The molecular formula is C29H35N5O5. The summed E-state index contributed by atoms with van der Waals surface area (Å²) in [5, 5.41) is 16.6. The predicted molar refractivity (Wildman–Crippen MR) is 148 cm³/mol. The van der Waals surface area contributed by atoms with E-state index in [0.29, 0.717) is 29.2 Å². The number of carbonyl (C=O) groups excluding carboxylic acids is 2. The van der Waals surface area contributed by atoms with E-state index in [1.165, 1.54) is 4.90 Å². The number of benzene rings is 1. The van der Waals surface area contributed by atoms with Gasteiger partial charge in [0.05, 0.1) is 19.2 Å². The zero-order valence-corrected chi connectivity index (χ0v) is 22.9. The highest BCUT2D eigenvalue weighted by Crippen LogP contribution is 2.28. The van der Waals surface area contributed by atoms with Crippen molar-refractivity contribution in [2.24, 2.45) is 5.92 Å². The van der Waals surface area contributed by atoms with Crippen molar-refractivity contribution in [3.63, 3.8) is 0 Å². The van der Waals surface area contributed by atoms with Crippen LogP contribution in [0.25, 0.3) is 12.2 Å². The molecule has 0 fully saturated rings. The minimum absolute atomic E-state index is 0.162. The normalized spacial score (nSPS) is 18.2. The molecule has 3 amide bonds. The second kappa shape index (κ2) is 12.1. The van der Waals surface area contributed by atoms with Crippen molar-refractivity contribution in [3.8, 4) is 5.88 Å². The highest BCUT2D eigenvalue weighted by Gasteiger charge is 2.34. The average Bonchev–Trinajstić information content (AvgIpc) is 3.25. The average molecular weight is 534 g/mol. The quantitative estimate of drug-likeness (QED) is 0.466. The number of aryl methyl sites for hydroxylation is 2. The van der Waals surface area contributed by atoms with Crippen LogP contribution in [-0.4, -0.2) is 75.9 Å². The van der Waals surface area contributed by atoms with Gasteiger partial charge in [0.25, 0.3) is 5.91 Å². The largest absolute Gasteiger partial charge is 0.472 e. The smallest absolute Gasteiger partial charge is 0.321 e. The summed E-state index contributed by atoms with van der Waals surface area (Å²) in [5.74, 6) is 0.295. The van der Waals surface area contributed by atoms with Gasteiger partial charge in [0.1, 0.15) is 23.0 Å². The van der Waals surface area contributed by atoms with Gasteiger partial charge >= 0.3 is 6.03 Å². The molecule has 3 heterocycles. The lowest BCUT2D eigenvalue weighted by atomic mass is 10.00. The van der Waals surface area contributed by atoms with E-state index in [4.69, 9.17) is 9.26 Å². The number of fused-ring (bicyclic) bond motifs is 1. The number of amides is 3. The highest BCUT2D eigenvalue weighted by atomic mass is 16.5. The van der Waals surface area contributed by atoms with Crippen LogP contribution < -0.4 is 10.1 Å². The molecule has 0 saturated heterocycles. The second-order valence-electron chi connectivity index (χ2n) is 10.00. The first kappa shape index (κ1) is 27.8. The standard InChI is InChI=1S/C29H35N5O5/c1-18-15-34(19(2)17-35)28(36)24-13-23(12-11-22-9-7-6-8-10-22)14-30-27(24)38-25(18)16-33(5)29(37)31-26-20(3)32-39-21(26)4/h6-14,18-19,25,35H,15-17H2,1-5H3,(H,31,37)/b12-11+/t18-,19+,25-/m0/s1. The molecule has 1 aliphatic heterocycles. The lowest BCUT2D eigenvalue weighted by Gasteiger charge is -2.37. The van der Waals surface area contributed by atoms with Crippen LogP contribution in [0.3, 0.4) is 0 Å². The summed E-state index contributed by atoms with van der Waals surface area (Å²) in [5.41, 5.74) is 3.20. The van der Waals surface area contributed by atoms with Crippen LogP contribution in [-0.2, 0) is 0 Å². The molecule has 10 nitrogen and oxygen atoms in total. The monoisotopic (exact) mass is 533 g/mol. The summed E-state index contributed by atoms with van der Waals surface area (Å²) in [6.07, 6.45) is 5.02. The number of ether oxygens (including phenoxy) is 1. The summed E-state index contributed by atoms with van der Waals surface area (Å²) in [4.78, 5) is 34.3. The molecule has 0 spiro atoms. The van der Waals surface area contributed by atoms with Gasteiger partial charge in [-0.3, -0.25) is 4.79 Å². The molecule has 0 aliphatic carbocycles. The first-order valence-corrected chi connectivity index (χ1v) is 12.9. The molecule has 0 unspecified atom stereocenters. The fourth-order valence-electron chi connectivity index (χ4n) is 4.40. The zero-order chi connectivity index (χ0) is 28.1. The maximum Gasteiger partial charge on any atom is 0.321 e. The predicted octanol–water partition coefficient (Wildman–Crippen LogP) is 4.24. The summed E-state index contributed by atoms with van der Waals surface area (Å²) in [7, 11) is 1.67. The van der Waals surface area contributed by atoms with Crippen molar-refractivity contribution >= 4 is 29.8 Å². The molecule has 0 bridgehead atoms. The van der Waals surface area contributed by atoms with Crippen molar-refractivity contribution in [1.82, 2.24) is 19.9 Å². The molecule has 10 heteroatoms. The van der Waals surface area contributed by atoms with Crippen LogP contribution >= 0.6 is 0 Å². The molecule has 206 valence electrons. The van der Waals surface area contributed by atoms with E-state index in [-0.39, 0.29) is 36.9 Å². The van der Waals surface area contributed by atoms with Crippen LogP contribution in [0.5, 0.6) is 5.88 Å². The lowest BCUT2D eigenvalue weighted by molar-refractivity contribution is 0.0356. The van der Waals surface area contributed by atoms with Crippen molar-refractivity contribution in [3.05, 3.63) is 70.7 Å². The van der Waals surface area contributed by atoms with Crippen LogP contribution in [0.1, 0.15) is 46.8 Å². The molecule has 1 aliphatic rings. The van der Waals surface area contributed by atoms with Crippen molar-refractivity contribution in [1.29, 1.82) is 0 Å². The van der Waals surface area contributed by atoms with Crippen LogP contribution in [0.2, 0.25) is 0 Å². The number of aliphatic hydroxyl groups excluding tert-OH is 1. The van der Waals surface area contributed by atoms with Crippen LogP contribution in [0, 0.1) is 19.8 Å². The minimum atomic E-state index is -0.469. The Labute approximate surface area is 228 Å². The highest BCUT2D eigenvalue weighted by molar-refractivity contribution is 5.97. The third-order valence-corrected chi connectivity index (χ3v) is 6.88. The molecule has 4 rings (SSSR count). The van der Waals surface area contributed by atoms with Gasteiger partial charge in [-0.05, 0) is 38.0 Å². The van der Waals surface area contributed by atoms with E-state index in [0.717, 1.165) is 11.1 Å². The van der Waals surface area contributed by atoms with Gasteiger partial charge in [0.2, 0.25) is 5.88 Å². The topological polar surface area (TPSA) is 121 Å². The number of aliphatic hydroxyl groups is 1. The number of hydrogen-bond acceptors (Lipinski definition) is 7. The molecular weight excluding hydrogens is 498 g/mol. The number of anilines is 1. The van der Waals surface area contributed by atoms with Gasteiger partial charge in [0, 0.05) is 25.7 Å². The molecule has 0 saturated carbocycles. The van der Waals surface area contributed by atoms with Gasteiger partial charge in [-0.15, -0.1) is 0 Å². The summed E-state index contributed by atoms with van der Waals surface area (Å²) >= 11 is 0. The minimum Gasteiger partial charge on any atom is -0.472 e. The molecule has 2 aromatic heterocycles. The number of pyridine rings is 1. The van der Waals surface area contributed by atoms with Gasteiger partial charge in [-0.25, -0.2) is 9.78 Å². The summed E-state index contributed by atoms with van der Waals surface area (Å²) in [6, 6.07) is 10.8. The SMILES string of the molecule is Cc1noc(C)c1NC(=O)N(C)C[C@@H]1Oc2ncc(/C=C/c3ccccc3)cc2C(=O)N([C@H](C)CO)C[C@@H]1C. The van der Waals surface area contributed by atoms with Gasteiger partial charge in [-0.2, -0.15) is 0 Å². The Morgan fingerprint density at radius 1 is 1.26 bits per heavy atom. The first-order chi connectivity index (χ1) is 18.7. The van der Waals surface area contributed by atoms with E-state index in [9.17, 15) is 14.7 Å². The van der Waals surface area contributed by atoms with E-state index >= 15 is 0 Å². The maximum atomic E-state index is 13.6. The van der Waals surface area contributed by atoms with E-state index < -0.39 is 12.1 Å². The fraction of sp³-hybridized carbons (Fsp3) is 0.379. The Morgan fingerprint density at radius 2 is 1.97 bits per heavy atom. The van der Waals surface area contributed by atoms with Crippen LogP contribution in [0.15, 0.2) is 47.1 Å². The fourth-order valence-corrected chi connectivity index (χ4v) is 4.40. The van der Waals surface area contributed by atoms with Crippen molar-refractivity contribution in [2.45, 2.75) is 39.8 Å². The van der Waals surface area contributed by atoms with Crippen LogP contribution in [0.4, 0.5) is 10.5 Å². The van der Waals surface area contributed by atoms with Crippen molar-refractivity contribution < 1.29 is 24.0 Å². The Bertz CT molecular complexity index is 1320. The molecule has 3 aromatic rings. The Balaban J connectivity index is 1.60. The molecule has 2 N–H and O–H groups in total. The number of rotatable bonds is 7. The maximum absolute atomic E-state index is 13.6. The Kier molecular flexibility index (Phi) is 8.65. The van der Waals surface area contributed by atoms with Gasteiger partial charge in [0.15, 0.2) is 5.76 Å². The Hall–Kier alpha value is -4.18. The van der Waals surface area contributed by atoms with Gasteiger partial charge in [-0.1, -0.05) is 54.6 Å². The van der Waals surface area contributed by atoms with E-state index in [1.807, 2.05) is 49.4 Å². The third kappa shape index (κ3) is 6.46. The molecule has 39 heavy (non-hydrogen) atoms. The number of urea groups is 1. The molecule has 0 radical (unpaired) electrons. The Morgan fingerprint density at radius 3 is 2.64 bits per heavy atom. The first-order valence-electron chi connectivity index (χ1n) is 12.9. The number of hydrogen-bond donors (Lipinski definition) is 2. The number of aromatic nitrogens is 2.